The molecule has 0 unspecified atom stereocenters. The van der Waals surface area contributed by atoms with Gasteiger partial charge in [-0.1, -0.05) is 56.2 Å². The summed E-state index contributed by atoms with van der Waals surface area (Å²) in [6.45, 7) is 7.16. The molecule has 170 valence electrons. The van der Waals surface area contributed by atoms with Crippen LogP contribution in [0.1, 0.15) is 43.7 Å². The number of aryl methyl sites for hydroxylation is 1. The zero-order chi connectivity index (χ0) is 22.7. The van der Waals surface area contributed by atoms with Gasteiger partial charge in [-0.05, 0) is 31.1 Å². The minimum Gasteiger partial charge on any atom is -0.378 e. The number of carbonyl (C=O) groups is 1. The van der Waals surface area contributed by atoms with E-state index >= 15 is 0 Å². The molecule has 0 aliphatic carbocycles. The van der Waals surface area contributed by atoms with Gasteiger partial charge in [0.05, 0.1) is 23.7 Å². The number of pyridine rings is 1. The second-order valence-corrected chi connectivity index (χ2v) is 9.76. The number of carbonyl (C=O) groups excluding carboxylic acids is 1. The summed E-state index contributed by atoms with van der Waals surface area (Å²) in [7, 11) is 0. The average Bonchev–Trinajstić information content (AvgIpc) is 3.06. The second-order valence-electron chi connectivity index (χ2n) is 8.08. The first-order chi connectivity index (χ1) is 15.5. The summed E-state index contributed by atoms with van der Waals surface area (Å²) in [6, 6.07) is 3.79. The van der Waals surface area contributed by atoms with Gasteiger partial charge < -0.3 is 9.64 Å². The average molecular weight is 473 g/mol. The van der Waals surface area contributed by atoms with E-state index in [9.17, 15) is 9.59 Å². The number of ether oxygens (including phenoxy) is 1. The van der Waals surface area contributed by atoms with Crippen LogP contribution >= 0.6 is 24.0 Å². The van der Waals surface area contributed by atoms with Crippen LogP contribution in [0.3, 0.4) is 0 Å². The molecule has 2 aromatic rings. The molecule has 0 saturated carbocycles. The molecule has 2 aliphatic rings. The van der Waals surface area contributed by atoms with Gasteiger partial charge in [0.15, 0.2) is 0 Å². The van der Waals surface area contributed by atoms with Crippen LogP contribution in [0.15, 0.2) is 28.0 Å². The van der Waals surface area contributed by atoms with Crippen molar-refractivity contribution in [3.63, 3.8) is 0 Å². The van der Waals surface area contributed by atoms with Crippen LogP contribution in [-0.2, 0) is 9.53 Å². The largest absolute Gasteiger partial charge is 0.378 e. The molecule has 2 aliphatic heterocycles. The van der Waals surface area contributed by atoms with Gasteiger partial charge in [0, 0.05) is 25.8 Å². The minimum absolute atomic E-state index is 0.127. The highest BCUT2D eigenvalue weighted by Crippen LogP contribution is 2.34. The van der Waals surface area contributed by atoms with Crippen molar-refractivity contribution in [3.8, 4) is 0 Å². The summed E-state index contributed by atoms with van der Waals surface area (Å²) in [5.41, 5.74) is 1.78. The summed E-state index contributed by atoms with van der Waals surface area (Å²) in [5.74, 6) is 0.466. The normalized spacial score (nSPS) is 18.4. The van der Waals surface area contributed by atoms with Gasteiger partial charge in [-0.2, -0.15) is 0 Å². The SMILES string of the molecule is CCCCCCN1C(=O)/C(=C\c2c(N3CCOCC3)nc3ccc(C)cn3c2=O)SC1=S. The van der Waals surface area contributed by atoms with E-state index in [1.54, 1.807) is 21.6 Å². The van der Waals surface area contributed by atoms with E-state index in [2.05, 4.69) is 11.8 Å². The van der Waals surface area contributed by atoms with Crippen molar-refractivity contribution < 1.29 is 9.53 Å². The topological polar surface area (TPSA) is 67.2 Å². The van der Waals surface area contributed by atoms with E-state index in [0.717, 1.165) is 31.2 Å². The first-order valence-corrected chi connectivity index (χ1v) is 12.3. The summed E-state index contributed by atoms with van der Waals surface area (Å²) in [5, 5.41) is 0. The fraction of sp³-hybridized carbons (Fsp3) is 0.478. The first-order valence-electron chi connectivity index (χ1n) is 11.1. The van der Waals surface area contributed by atoms with E-state index in [1.165, 1.54) is 11.8 Å². The number of thioether (sulfide) groups is 1. The number of unbranched alkanes of at least 4 members (excludes halogenated alkanes) is 3. The molecule has 0 spiro atoms. The van der Waals surface area contributed by atoms with E-state index in [4.69, 9.17) is 21.9 Å². The number of thiocarbonyl (C=S) groups is 1. The Kier molecular flexibility index (Phi) is 7.27. The number of anilines is 1. The van der Waals surface area contributed by atoms with Crippen LogP contribution in [0, 0.1) is 6.92 Å². The van der Waals surface area contributed by atoms with Crippen molar-refractivity contribution in [2.75, 3.05) is 37.7 Å². The summed E-state index contributed by atoms with van der Waals surface area (Å²) in [6.07, 6.45) is 7.74. The Hall–Kier alpha value is -2.23. The molecule has 2 aromatic heterocycles. The number of aromatic nitrogens is 2. The maximum absolute atomic E-state index is 13.5. The predicted octanol–water partition coefficient (Wildman–Crippen LogP) is 3.62. The number of morpholine rings is 1. The number of hydrogen-bond acceptors (Lipinski definition) is 7. The molecule has 0 radical (unpaired) electrons. The Labute approximate surface area is 197 Å². The van der Waals surface area contributed by atoms with Crippen molar-refractivity contribution in [3.05, 3.63) is 44.7 Å². The van der Waals surface area contributed by atoms with E-state index in [-0.39, 0.29) is 11.5 Å². The van der Waals surface area contributed by atoms with Crippen molar-refractivity contribution >= 4 is 51.7 Å². The number of nitrogens with zero attached hydrogens (tertiary/aromatic N) is 4. The second kappa shape index (κ2) is 10.1. The molecule has 2 saturated heterocycles. The van der Waals surface area contributed by atoms with Crippen molar-refractivity contribution in [1.82, 2.24) is 14.3 Å². The van der Waals surface area contributed by atoms with Crippen molar-refractivity contribution in [1.29, 1.82) is 0 Å². The van der Waals surface area contributed by atoms with Gasteiger partial charge in [-0.3, -0.25) is 18.9 Å². The van der Waals surface area contributed by atoms with Crippen LogP contribution in [-0.4, -0.2) is 57.4 Å². The van der Waals surface area contributed by atoms with E-state index in [0.29, 0.717) is 59.1 Å². The van der Waals surface area contributed by atoms with Crippen LogP contribution in [0.2, 0.25) is 0 Å². The molecule has 0 bridgehead atoms. The standard InChI is InChI=1S/C23H28N4O3S2/c1-3-4-5-6-9-26-22(29)18(32-23(26)31)14-17-20(25-10-12-30-13-11-25)24-19-8-7-16(2)15-27(19)21(17)28/h7-8,14-15H,3-6,9-13H2,1-2H3/b18-14+. The van der Waals surface area contributed by atoms with Gasteiger partial charge in [0.1, 0.15) is 15.8 Å². The highest BCUT2D eigenvalue weighted by molar-refractivity contribution is 8.26. The molecule has 0 N–H and O–H groups in total. The highest BCUT2D eigenvalue weighted by atomic mass is 32.2. The zero-order valence-electron chi connectivity index (χ0n) is 18.5. The third-order valence-corrected chi connectivity index (χ3v) is 7.06. The molecular weight excluding hydrogens is 444 g/mol. The molecule has 0 atom stereocenters. The third kappa shape index (κ3) is 4.74. The van der Waals surface area contributed by atoms with Gasteiger partial charge in [0.25, 0.3) is 11.5 Å². The molecule has 0 aromatic carbocycles. The minimum atomic E-state index is -0.187. The van der Waals surface area contributed by atoms with Gasteiger partial charge in [0.2, 0.25) is 0 Å². The first kappa shape index (κ1) is 22.9. The summed E-state index contributed by atoms with van der Waals surface area (Å²) in [4.78, 5) is 35.6. The molecule has 2 fully saturated rings. The lowest BCUT2D eigenvalue weighted by atomic mass is 10.2. The smallest absolute Gasteiger partial charge is 0.267 e. The molecule has 4 rings (SSSR count). The maximum atomic E-state index is 13.5. The summed E-state index contributed by atoms with van der Waals surface area (Å²) >= 11 is 6.74. The fourth-order valence-corrected chi connectivity index (χ4v) is 5.20. The fourth-order valence-electron chi connectivity index (χ4n) is 3.91. The number of rotatable bonds is 7. The molecule has 1 amide bonds. The van der Waals surface area contributed by atoms with Gasteiger partial charge >= 0.3 is 0 Å². The lowest BCUT2D eigenvalue weighted by Gasteiger charge is -2.29. The van der Waals surface area contributed by atoms with E-state index in [1.807, 2.05) is 19.1 Å². The number of amides is 1. The molecule has 4 heterocycles. The molecule has 32 heavy (non-hydrogen) atoms. The highest BCUT2D eigenvalue weighted by Gasteiger charge is 2.32. The Balaban J connectivity index is 1.73. The predicted molar refractivity (Wildman–Crippen MR) is 133 cm³/mol. The Morgan fingerprint density at radius 1 is 1.19 bits per heavy atom. The van der Waals surface area contributed by atoms with Crippen LogP contribution < -0.4 is 10.5 Å². The van der Waals surface area contributed by atoms with Crippen LogP contribution in [0.25, 0.3) is 11.7 Å². The Morgan fingerprint density at radius 2 is 1.97 bits per heavy atom. The lowest BCUT2D eigenvalue weighted by molar-refractivity contribution is -0.122. The maximum Gasteiger partial charge on any atom is 0.267 e. The van der Waals surface area contributed by atoms with Crippen molar-refractivity contribution in [2.45, 2.75) is 39.5 Å². The number of fused-ring (bicyclic) bond motifs is 1. The molecule has 7 nitrogen and oxygen atoms in total. The number of hydrogen-bond donors (Lipinski definition) is 0. The monoisotopic (exact) mass is 472 g/mol. The van der Waals surface area contributed by atoms with E-state index < -0.39 is 0 Å². The molecule has 9 heteroatoms. The van der Waals surface area contributed by atoms with Gasteiger partial charge in [-0.15, -0.1) is 0 Å². The van der Waals surface area contributed by atoms with Crippen LogP contribution in [0.5, 0.6) is 0 Å². The lowest BCUT2D eigenvalue weighted by Crippen LogP contribution is -2.38. The summed E-state index contributed by atoms with van der Waals surface area (Å²) < 4.78 is 7.58. The Bertz CT molecular complexity index is 1120. The Morgan fingerprint density at radius 3 is 2.72 bits per heavy atom. The molecular formula is C23H28N4O3S2. The quantitative estimate of drug-likeness (QED) is 0.346. The van der Waals surface area contributed by atoms with Crippen LogP contribution in [0.4, 0.5) is 5.82 Å². The van der Waals surface area contributed by atoms with Gasteiger partial charge in [-0.25, -0.2) is 4.98 Å². The zero-order valence-corrected chi connectivity index (χ0v) is 20.1. The van der Waals surface area contributed by atoms with Crippen molar-refractivity contribution in [2.24, 2.45) is 0 Å². The third-order valence-electron chi connectivity index (χ3n) is 5.68.